The van der Waals surface area contributed by atoms with Crippen LogP contribution in [-0.4, -0.2) is 36.1 Å². The van der Waals surface area contributed by atoms with Gasteiger partial charge in [0.25, 0.3) is 0 Å². The third-order valence-electron chi connectivity index (χ3n) is 3.40. The van der Waals surface area contributed by atoms with Crippen LogP contribution in [-0.2, 0) is 9.59 Å². The average molecular weight is 292 g/mol. The largest absolute Gasteiger partial charge is 0.481 e. The van der Waals surface area contributed by atoms with E-state index in [1.165, 1.54) is 0 Å². The van der Waals surface area contributed by atoms with Crippen molar-refractivity contribution >= 4 is 17.6 Å². The van der Waals surface area contributed by atoms with Crippen molar-refractivity contribution in [1.82, 2.24) is 5.32 Å². The fraction of sp³-hybridized carbons (Fsp3) is 0.500. The highest BCUT2D eigenvalue weighted by Crippen LogP contribution is 2.13. The molecule has 0 spiro atoms. The van der Waals surface area contributed by atoms with Crippen molar-refractivity contribution in [2.24, 2.45) is 0 Å². The lowest BCUT2D eigenvalue weighted by atomic mass is 10.2. The molecule has 21 heavy (non-hydrogen) atoms. The zero-order chi connectivity index (χ0) is 15.7. The number of rotatable bonds is 9. The number of carboxylic acid groups (broad SMARTS) is 1. The molecule has 0 aliphatic heterocycles. The Bertz CT molecular complexity index is 444. The van der Waals surface area contributed by atoms with Crippen molar-refractivity contribution in [3.8, 4) is 0 Å². The predicted molar refractivity (Wildman–Crippen MR) is 83.4 cm³/mol. The first-order valence-corrected chi connectivity index (χ1v) is 7.38. The van der Waals surface area contributed by atoms with Crippen LogP contribution in [0.1, 0.15) is 33.1 Å². The molecule has 116 valence electrons. The molecule has 0 heterocycles. The highest BCUT2D eigenvalue weighted by molar-refractivity contribution is 5.81. The lowest BCUT2D eigenvalue weighted by Gasteiger charge is -2.25. The van der Waals surface area contributed by atoms with Crippen LogP contribution in [0.15, 0.2) is 30.3 Å². The Morgan fingerprint density at radius 2 is 1.81 bits per heavy atom. The van der Waals surface area contributed by atoms with Crippen molar-refractivity contribution in [3.05, 3.63) is 30.3 Å². The Morgan fingerprint density at radius 1 is 1.19 bits per heavy atom. The van der Waals surface area contributed by atoms with E-state index in [1.807, 2.05) is 44.2 Å². The van der Waals surface area contributed by atoms with Crippen LogP contribution >= 0.6 is 0 Å². The monoisotopic (exact) mass is 292 g/mol. The molecule has 1 rings (SSSR count). The number of nitrogens with one attached hydrogen (secondary N) is 1. The number of nitrogens with zero attached hydrogens (tertiary/aromatic N) is 1. The molecule has 0 atom stereocenters. The van der Waals surface area contributed by atoms with Crippen molar-refractivity contribution in [2.75, 3.05) is 18.0 Å². The number of anilines is 1. The number of hydrogen-bond acceptors (Lipinski definition) is 3. The van der Waals surface area contributed by atoms with E-state index in [0.717, 1.165) is 18.5 Å². The van der Waals surface area contributed by atoms with Crippen molar-refractivity contribution in [1.29, 1.82) is 0 Å². The number of carboxylic acids is 1. The molecule has 1 aromatic carbocycles. The number of amides is 1. The van der Waals surface area contributed by atoms with Crippen LogP contribution < -0.4 is 10.2 Å². The summed E-state index contributed by atoms with van der Waals surface area (Å²) in [6.07, 6.45) is 1.79. The van der Waals surface area contributed by atoms with Gasteiger partial charge in [0.05, 0.1) is 13.0 Å². The Balaban J connectivity index is 2.68. The normalized spacial score (nSPS) is 10.4. The zero-order valence-corrected chi connectivity index (χ0v) is 12.7. The molecular weight excluding hydrogens is 268 g/mol. The molecule has 1 aromatic rings. The molecule has 0 saturated heterocycles. The molecule has 5 nitrogen and oxygen atoms in total. The van der Waals surface area contributed by atoms with E-state index < -0.39 is 5.97 Å². The maximum Gasteiger partial charge on any atom is 0.305 e. The van der Waals surface area contributed by atoms with Gasteiger partial charge in [-0.2, -0.15) is 0 Å². The molecule has 0 bridgehead atoms. The van der Waals surface area contributed by atoms with Gasteiger partial charge < -0.3 is 15.3 Å². The lowest BCUT2D eigenvalue weighted by Crippen LogP contribution is -2.42. The summed E-state index contributed by atoms with van der Waals surface area (Å²) >= 11 is 0. The zero-order valence-electron chi connectivity index (χ0n) is 12.7. The van der Waals surface area contributed by atoms with Crippen LogP contribution in [0.3, 0.4) is 0 Å². The second kappa shape index (κ2) is 9.00. The summed E-state index contributed by atoms with van der Waals surface area (Å²) < 4.78 is 0. The summed E-state index contributed by atoms with van der Waals surface area (Å²) in [6.45, 7) is 4.56. The quantitative estimate of drug-likeness (QED) is 0.732. The molecule has 0 aromatic heterocycles. The molecule has 5 heteroatoms. The molecule has 0 aliphatic carbocycles. The SMILES string of the molecule is CCC(CC)NC(=O)CN(CCC(=O)O)c1ccccc1. The third kappa shape index (κ3) is 6.29. The van der Waals surface area contributed by atoms with E-state index in [4.69, 9.17) is 5.11 Å². The van der Waals surface area contributed by atoms with Gasteiger partial charge in [0, 0.05) is 18.3 Å². The number of para-hydroxylation sites is 1. The Morgan fingerprint density at radius 3 is 2.33 bits per heavy atom. The second-order valence-electron chi connectivity index (χ2n) is 4.98. The van der Waals surface area contributed by atoms with Crippen LogP contribution in [0.25, 0.3) is 0 Å². The topological polar surface area (TPSA) is 69.6 Å². The first-order valence-electron chi connectivity index (χ1n) is 7.38. The van der Waals surface area contributed by atoms with Crippen molar-refractivity contribution in [2.45, 2.75) is 39.2 Å². The van der Waals surface area contributed by atoms with Crippen LogP contribution in [0.2, 0.25) is 0 Å². The first kappa shape index (κ1) is 17.0. The lowest BCUT2D eigenvalue weighted by molar-refractivity contribution is -0.136. The summed E-state index contributed by atoms with van der Waals surface area (Å²) in [5.41, 5.74) is 0.860. The maximum atomic E-state index is 12.1. The van der Waals surface area contributed by atoms with Gasteiger partial charge in [-0.25, -0.2) is 0 Å². The van der Waals surface area contributed by atoms with Crippen LogP contribution in [0.5, 0.6) is 0 Å². The fourth-order valence-electron chi connectivity index (χ4n) is 2.11. The smallest absolute Gasteiger partial charge is 0.305 e. The molecular formula is C16H24N2O3. The van der Waals surface area contributed by atoms with E-state index in [-0.39, 0.29) is 24.9 Å². The van der Waals surface area contributed by atoms with Crippen molar-refractivity contribution in [3.63, 3.8) is 0 Å². The molecule has 0 radical (unpaired) electrons. The highest BCUT2D eigenvalue weighted by Gasteiger charge is 2.15. The minimum absolute atomic E-state index is 0.00710. The Labute approximate surface area is 126 Å². The van der Waals surface area contributed by atoms with Gasteiger partial charge in [-0.15, -0.1) is 0 Å². The first-order chi connectivity index (χ1) is 10.1. The molecule has 0 saturated carbocycles. The number of carbonyl (C=O) groups excluding carboxylic acids is 1. The number of benzene rings is 1. The summed E-state index contributed by atoms with van der Waals surface area (Å²) in [5, 5.41) is 11.8. The van der Waals surface area contributed by atoms with Gasteiger partial charge in [-0.1, -0.05) is 32.0 Å². The van der Waals surface area contributed by atoms with Gasteiger partial charge in [-0.05, 0) is 25.0 Å². The summed E-state index contributed by atoms with van der Waals surface area (Å²) in [5.74, 6) is -0.936. The minimum atomic E-state index is -0.865. The van der Waals surface area contributed by atoms with Gasteiger partial charge in [0.15, 0.2) is 0 Å². The van der Waals surface area contributed by atoms with Gasteiger partial charge in [0.1, 0.15) is 0 Å². The highest BCUT2D eigenvalue weighted by atomic mass is 16.4. The fourth-order valence-corrected chi connectivity index (χ4v) is 2.11. The number of hydrogen-bond donors (Lipinski definition) is 2. The second-order valence-corrected chi connectivity index (χ2v) is 4.98. The van der Waals surface area contributed by atoms with Crippen LogP contribution in [0, 0.1) is 0 Å². The molecule has 0 unspecified atom stereocenters. The molecule has 1 amide bonds. The van der Waals surface area contributed by atoms with Crippen LogP contribution in [0.4, 0.5) is 5.69 Å². The summed E-state index contributed by atoms with van der Waals surface area (Å²) in [7, 11) is 0. The number of carbonyl (C=O) groups is 2. The minimum Gasteiger partial charge on any atom is -0.481 e. The van der Waals surface area contributed by atoms with E-state index >= 15 is 0 Å². The van der Waals surface area contributed by atoms with E-state index in [2.05, 4.69) is 5.32 Å². The van der Waals surface area contributed by atoms with Gasteiger partial charge in [-0.3, -0.25) is 9.59 Å². The molecule has 0 fully saturated rings. The predicted octanol–water partition coefficient (Wildman–Crippen LogP) is 2.27. The molecule has 0 aliphatic rings. The number of aliphatic carboxylic acids is 1. The average Bonchev–Trinajstić information content (AvgIpc) is 2.49. The summed E-state index contributed by atoms with van der Waals surface area (Å²) in [4.78, 5) is 24.7. The van der Waals surface area contributed by atoms with Gasteiger partial charge >= 0.3 is 5.97 Å². The van der Waals surface area contributed by atoms with E-state index in [9.17, 15) is 9.59 Å². The Kier molecular flexibility index (Phi) is 7.29. The maximum absolute atomic E-state index is 12.1. The molecule has 2 N–H and O–H groups in total. The van der Waals surface area contributed by atoms with E-state index in [0.29, 0.717) is 6.54 Å². The summed E-state index contributed by atoms with van der Waals surface area (Å²) in [6, 6.07) is 9.58. The standard InChI is InChI=1S/C16H24N2O3/c1-3-13(4-2)17-15(19)12-18(11-10-16(20)21)14-8-6-5-7-9-14/h5-9,13H,3-4,10-12H2,1-2H3,(H,17,19)(H,20,21). The Hall–Kier alpha value is -2.04. The third-order valence-corrected chi connectivity index (χ3v) is 3.40. The van der Waals surface area contributed by atoms with E-state index in [1.54, 1.807) is 4.90 Å². The van der Waals surface area contributed by atoms with Crippen molar-refractivity contribution < 1.29 is 14.7 Å². The van der Waals surface area contributed by atoms with Gasteiger partial charge in [0.2, 0.25) is 5.91 Å².